The smallest absolute Gasteiger partial charge is 0.407 e. The van der Waals surface area contributed by atoms with Gasteiger partial charge in [0, 0.05) is 5.38 Å². The second-order valence-electron chi connectivity index (χ2n) is 5.45. The number of fused-ring (bicyclic) bond motifs is 1. The Bertz CT molecular complexity index is 923. The first kappa shape index (κ1) is 15.6. The number of nitrogens with zero attached hydrogens (tertiary/aromatic N) is 2. The van der Waals surface area contributed by atoms with Crippen LogP contribution >= 0.6 is 11.3 Å². The number of hydrogen-bond acceptors (Lipinski definition) is 6. The minimum absolute atomic E-state index is 0.332. The van der Waals surface area contributed by atoms with Crippen molar-refractivity contribution in [2.75, 3.05) is 6.61 Å². The summed E-state index contributed by atoms with van der Waals surface area (Å²) in [6.45, 7) is 3.09. The van der Waals surface area contributed by atoms with E-state index in [4.69, 9.17) is 4.42 Å². The number of aliphatic hydroxyl groups excluding tert-OH is 1. The molecule has 0 amide bonds. The van der Waals surface area contributed by atoms with Gasteiger partial charge in [-0.2, -0.15) is 0 Å². The fourth-order valence-corrected chi connectivity index (χ4v) is 3.27. The number of aromatic nitrogens is 2. The predicted octanol–water partition coefficient (Wildman–Crippen LogP) is 2.20. The second-order valence-corrected chi connectivity index (χ2v) is 6.39. The molecule has 0 spiro atoms. The third-order valence-corrected chi connectivity index (χ3v) is 4.89. The van der Waals surface area contributed by atoms with Crippen molar-refractivity contribution in [2.24, 2.45) is 0 Å². The second kappa shape index (κ2) is 5.75. The number of hydrogen-bond donors (Lipinski definition) is 1. The van der Waals surface area contributed by atoms with Gasteiger partial charge in [-0.15, -0.1) is 11.3 Å². The molecule has 0 radical (unpaired) electrons. The summed E-state index contributed by atoms with van der Waals surface area (Å²) in [4.78, 5) is 29.5. The third-order valence-electron chi connectivity index (χ3n) is 3.90. The number of carbonyl (C=O) groups excluding carboxylic acids is 1. The van der Waals surface area contributed by atoms with Gasteiger partial charge in [0.2, 0.25) is 0 Å². The normalized spacial score (nSPS) is 14.0. The largest absolute Gasteiger partial charge is 0.426 e. The fraction of sp³-hybridized carbons (Fsp3) is 0.312. The van der Waals surface area contributed by atoms with Crippen molar-refractivity contribution in [3.63, 3.8) is 0 Å². The Hall–Kier alpha value is -2.25. The first-order chi connectivity index (χ1) is 11.0. The molecule has 6 nitrogen and oxygen atoms in total. The average Bonchev–Trinajstić information content (AvgIpc) is 3.17. The maximum atomic E-state index is 13.0. The number of benzene rings is 1. The summed E-state index contributed by atoms with van der Waals surface area (Å²) >= 11 is 1.43. The summed E-state index contributed by atoms with van der Waals surface area (Å²) in [5, 5.41) is 12.5. The van der Waals surface area contributed by atoms with Crippen molar-refractivity contribution in [1.29, 1.82) is 0 Å². The molecule has 2 aromatic heterocycles. The fourth-order valence-electron chi connectivity index (χ4n) is 2.39. The monoisotopic (exact) mass is 332 g/mol. The van der Waals surface area contributed by atoms with Crippen molar-refractivity contribution in [3.8, 4) is 0 Å². The zero-order chi connectivity index (χ0) is 16.6. The average molecular weight is 332 g/mol. The number of rotatable bonds is 4. The quantitative estimate of drug-likeness (QED) is 0.791. The van der Waals surface area contributed by atoms with Gasteiger partial charge in [0.05, 0.1) is 22.8 Å². The van der Waals surface area contributed by atoms with Crippen LogP contribution in [0.15, 0.2) is 38.9 Å². The van der Waals surface area contributed by atoms with E-state index in [-0.39, 0.29) is 0 Å². The van der Waals surface area contributed by atoms with Crippen molar-refractivity contribution < 1.29 is 14.3 Å². The van der Waals surface area contributed by atoms with Crippen molar-refractivity contribution >= 4 is 28.3 Å². The standard InChI is InChI=1S/C16H16N2O4S/c1-3-13-17-12(8-23-13)16(2,9-19)14(20)18-10-6-4-5-7-11(10)22-15(18)21/h4-8,19H,3,9H2,1-2H3. The Morgan fingerprint density at radius 3 is 2.83 bits per heavy atom. The molecular formula is C16H16N2O4S. The van der Waals surface area contributed by atoms with Crippen LogP contribution in [0.1, 0.15) is 29.3 Å². The van der Waals surface area contributed by atoms with Crippen LogP contribution in [0.3, 0.4) is 0 Å². The Labute approximate surface area is 136 Å². The molecule has 1 aromatic carbocycles. The van der Waals surface area contributed by atoms with Crippen molar-refractivity contribution in [3.05, 3.63) is 50.9 Å². The third kappa shape index (κ3) is 2.42. The molecule has 0 aliphatic carbocycles. The van der Waals surface area contributed by atoms with Crippen LogP contribution in [0.5, 0.6) is 0 Å². The molecule has 3 aromatic rings. The Morgan fingerprint density at radius 2 is 2.17 bits per heavy atom. The first-order valence-corrected chi connectivity index (χ1v) is 8.10. The molecule has 0 aliphatic rings. The van der Waals surface area contributed by atoms with Gasteiger partial charge in [0.1, 0.15) is 5.41 Å². The predicted molar refractivity (Wildman–Crippen MR) is 87.0 cm³/mol. The van der Waals surface area contributed by atoms with E-state index in [1.165, 1.54) is 11.3 Å². The lowest BCUT2D eigenvalue weighted by atomic mass is 9.87. The van der Waals surface area contributed by atoms with Crippen molar-refractivity contribution in [1.82, 2.24) is 9.55 Å². The molecule has 0 fully saturated rings. The van der Waals surface area contributed by atoms with Gasteiger partial charge in [0.15, 0.2) is 5.58 Å². The highest BCUT2D eigenvalue weighted by molar-refractivity contribution is 7.09. The van der Waals surface area contributed by atoms with E-state index in [9.17, 15) is 14.7 Å². The molecule has 1 unspecified atom stereocenters. The van der Waals surface area contributed by atoms with E-state index in [2.05, 4.69) is 4.98 Å². The minimum atomic E-state index is -1.31. The maximum absolute atomic E-state index is 13.0. The summed E-state index contributed by atoms with van der Waals surface area (Å²) in [6, 6.07) is 6.69. The lowest BCUT2D eigenvalue weighted by molar-refractivity contribution is 0.0724. The highest BCUT2D eigenvalue weighted by Gasteiger charge is 2.40. The van der Waals surface area contributed by atoms with Gasteiger partial charge >= 0.3 is 5.76 Å². The zero-order valence-electron chi connectivity index (χ0n) is 12.8. The summed E-state index contributed by atoms with van der Waals surface area (Å²) in [5.74, 6) is -1.32. The molecule has 0 saturated heterocycles. The molecule has 2 heterocycles. The van der Waals surface area contributed by atoms with Gasteiger partial charge < -0.3 is 9.52 Å². The number of oxazole rings is 1. The van der Waals surface area contributed by atoms with Gasteiger partial charge in [0.25, 0.3) is 5.91 Å². The summed E-state index contributed by atoms with van der Waals surface area (Å²) < 4.78 is 6.08. The molecule has 1 N–H and O–H groups in total. The van der Waals surface area contributed by atoms with Crippen LogP contribution in [0.4, 0.5) is 0 Å². The molecule has 120 valence electrons. The van der Waals surface area contributed by atoms with Crippen LogP contribution in [-0.2, 0) is 11.8 Å². The van der Waals surface area contributed by atoms with Crippen LogP contribution in [0, 0.1) is 0 Å². The number of thiazole rings is 1. The highest BCUT2D eigenvalue weighted by atomic mass is 32.1. The minimum Gasteiger partial charge on any atom is -0.407 e. The Balaban J connectivity index is 2.15. The summed E-state index contributed by atoms with van der Waals surface area (Å²) in [6.07, 6.45) is 0.745. The molecule has 1 atom stereocenters. The Morgan fingerprint density at radius 1 is 1.43 bits per heavy atom. The van der Waals surface area contributed by atoms with Crippen LogP contribution < -0.4 is 5.76 Å². The number of aryl methyl sites for hydroxylation is 1. The molecule has 0 bridgehead atoms. The molecular weight excluding hydrogens is 316 g/mol. The molecule has 3 rings (SSSR count). The lowest BCUT2D eigenvalue weighted by Crippen LogP contribution is -2.43. The van der Waals surface area contributed by atoms with E-state index in [0.717, 1.165) is 16.0 Å². The van der Waals surface area contributed by atoms with Gasteiger partial charge in [-0.3, -0.25) is 4.79 Å². The van der Waals surface area contributed by atoms with E-state index in [1.54, 1.807) is 36.6 Å². The van der Waals surface area contributed by atoms with E-state index < -0.39 is 23.7 Å². The van der Waals surface area contributed by atoms with E-state index in [0.29, 0.717) is 16.8 Å². The highest BCUT2D eigenvalue weighted by Crippen LogP contribution is 2.28. The van der Waals surface area contributed by atoms with Gasteiger partial charge in [-0.1, -0.05) is 19.1 Å². The Kier molecular flexibility index (Phi) is 3.91. The number of aliphatic hydroxyl groups is 1. The number of para-hydroxylation sites is 2. The summed E-state index contributed by atoms with van der Waals surface area (Å²) in [5.41, 5.74) is -0.128. The zero-order valence-corrected chi connectivity index (χ0v) is 13.6. The summed E-state index contributed by atoms with van der Waals surface area (Å²) in [7, 11) is 0. The van der Waals surface area contributed by atoms with E-state index >= 15 is 0 Å². The van der Waals surface area contributed by atoms with Gasteiger partial charge in [-0.25, -0.2) is 14.3 Å². The first-order valence-electron chi connectivity index (χ1n) is 7.22. The number of carbonyl (C=O) groups is 1. The van der Waals surface area contributed by atoms with Gasteiger partial charge in [-0.05, 0) is 25.5 Å². The van der Waals surface area contributed by atoms with Crippen LogP contribution in [0.25, 0.3) is 11.1 Å². The van der Waals surface area contributed by atoms with Crippen LogP contribution in [-0.4, -0.2) is 27.2 Å². The molecule has 23 heavy (non-hydrogen) atoms. The lowest BCUT2D eigenvalue weighted by Gasteiger charge is -2.23. The SMILES string of the molecule is CCc1nc(C(C)(CO)C(=O)n2c(=O)oc3ccccc32)cs1. The van der Waals surface area contributed by atoms with Crippen LogP contribution in [0.2, 0.25) is 0 Å². The van der Waals surface area contributed by atoms with Crippen molar-refractivity contribution in [2.45, 2.75) is 25.7 Å². The maximum Gasteiger partial charge on any atom is 0.426 e. The topological polar surface area (TPSA) is 85.3 Å². The molecule has 0 saturated carbocycles. The van der Waals surface area contributed by atoms with E-state index in [1.807, 2.05) is 6.92 Å². The molecule has 0 aliphatic heterocycles. The molecule has 7 heteroatoms.